The smallest absolute Gasteiger partial charge is 0.00720 e. The van der Waals surface area contributed by atoms with Crippen molar-refractivity contribution in [2.45, 2.75) is 31.1 Å². The van der Waals surface area contributed by atoms with Crippen molar-refractivity contribution in [2.24, 2.45) is 0 Å². The molecule has 0 fully saturated rings. The first-order chi connectivity index (χ1) is 5.54. The van der Waals surface area contributed by atoms with Crippen LogP contribution >= 0.6 is 11.8 Å². The highest BCUT2D eigenvalue weighted by Crippen LogP contribution is 2.25. The molecule has 1 aromatic rings. The summed E-state index contributed by atoms with van der Waals surface area (Å²) in [5.41, 5.74) is 1.68. The molecular weight excluding hydrogens is 164 g/mol. The fourth-order valence-corrected chi connectivity index (χ4v) is 1.55. The summed E-state index contributed by atoms with van der Waals surface area (Å²) >= 11 is 1.80. The fraction of sp³-hybridized carbons (Fsp3) is 0.455. The summed E-state index contributed by atoms with van der Waals surface area (Å²) in [4.78, 5) is 1.35. The Morgan fingerprint density at radius 1 is 1.17 bits per heavy atom. The van der Waals surface area contributed by atoms with Gasteiger partial charge in [-0.3, -0.25) is 0 Å². The van der Waals surface area contributed by atoms with Crippen LogP contribution in [0.1, 0.15) is 26.3 Å². The van der Waals surface area contributed by atoms with Crippen LogP contribution in [0, 0.1) is 0 Å². The van der Waals surface area contributed by atoms with Gasteiger partial charge in [-0.25, -0.2) is 0 Å². The van der Waals surface area contributed by atoms with Crippen molar-refractivity contribution >= 4 is 11.8 Å². The number of rotatable bonds is 1. The van der Waals surface area contributed by atoms with Crippen LogP contribution < -0.4 is 0 Å². The number of benzene rings is 1. The fourth-order valence-electron chi connectivity index (χ4n) is 1.09. The molecule has 0 nitrogen and oxygen atoms in total. The van der Waals surface area contributed by atoms with Gasteiger partial charge in [0.15, 0.2) is 0 Å². The first-order valence-corrected chi connectivity index (χ1v) is 5.41. The standard InChI is InChI=1S/C11H16S/c1-11(2,3)9-6-5-7-10(8-9)12-4/h5-8H,1-4H3. The first kappa shape index (κ1) is 9.66. The lowest BCUT2D eigenvalue weighted by atomic mass is 9.87. The molecule has 1 heteroatoms. The largest absolute Gasteiger partial charge is 0.130 e. The van der Waals surface area contributed by atoms with Gasteiger partial charge in [-0.15, -0.1) is 11.8 Å². The maximum Gasteiger partial charge on any atom is 0.00720 e. The second-order valence-corrected chi connectivity index (χ2v) is 4.86. The first-order valence-electron chi connectivity index (χ1n) is 4.18. The molecule has 12 heavy (non-hydrogen) atoms. The third kappa shape index (κ3) is 2.28. The van der Waals surface area contributed by atoms with Gasteiger partial charge in [0.25, 0.3) is 0 Å². The Hall–Kier alpha value is -0.430. The van der Waals surface area contributed by atoms with E-state index in [1.54, 1.807) is 11.8 Å². The monoisotopic (exact) mass is 180 g/mol. The van der Waals surface area contributed by atoms with Crippen LogP contribution in [0.25, 0.3) is 0 Å². The van der Waals surface area contributed by atoms with E-state index in [4.69, 9.17) is 0 Å². The molecule has 1 aromatic carbocycles. The average molecular weight is 180 g/mol. The van der Waals surface area contributed by atoms with E-state index in [-0.39, 0.29) is 5.41 Å². The molecule has 0 radical (unpaired) electrons. The van der Waals surface area contributed by atoms with Crippen molar-refractivity contribution in [3.05, 3.63) is 29.8 Å². The lowest BCUT2D eigenvalue weighted by Crippen LogP contribution is -2.10. The predicted octanol–water partition coefficient (Wildman–Crippen LogP) is 3.71. The number of hydrogen-bond acceptors (Lipinski definition) is 1. The van der Waals surface area contributed by atoms with Crippen LogP contribution in [-0.2, 0) is 5.41 Å². The highest BCUT2D eigenvalue weighted by Gasteiger charge is 2.12. The second-order valence-electron chi connectivity index (χ2n) is 3.98. The van der Waals surface area contributed by atoms with Crippen molar-refractivity contribution in [3.8, 4) is 0 Å². The third-order valence-electron chi connectivity index (χ3n) is 1.94. The van der Waals surface area contributed by atoms with Gasteiger partial charge >= 0.3 is 0 Å². The number of thioether (sulfide) groups is 1. The summed E-state index contributed by atoms with van der Waals surface area (Å²) in [6.45, 7) is 6.73. The van der Waals surface area contributed by atoms with E-state index >= 15 is 0 Å². The molecule has 0 aliphatic heterocycles. The normalized spacial score (nSPS) is 11.7. The quantitative estimate of drug-likeness (QED) is 0.594. The molecule has 0 spiro atoms. The zero-order chi connectivity index (χ0) is 9.19. The van der Waals surface area contributed by atoms with Gasteiger partial charge in [-0.1, -0.05) is 32.9 Å². The minimum absolute atomic E-state index is 0.270. The van der Waals surface area contributed by atoms with Gasteiger partial charge in [0, 0.05) is 4.90 Å². The summed E-state index contributed by atoms with van der Waals surface area (Å²) in [5, 5.41) is 0. The van der Waals surface area contributed by atoms with E-state index in [0.29, 0.717) is 0 Å². The van der Waals surface area contributed by atoms with E-state index in [2.05, 4.69) is 51.3 Å². The van der Waals surface area contributed by atoms with E-state index in [1.165, 1.54) is 10.5 Å². The molecule has 0 aromatic heterocycles. The van der Waals surface area contributed by atoms with Crippen molar-refractivity contribution in [1.29, 1.82) is 0 Å². The molecule has 0 N–H and O–H groups in total. The van der Waals surface area contributed by atoms with Gasteiger partial charge in [0.1, 0.15) is 0 Å². The maximum absolute atomic E-state index is 2.27. The molecule has 66 valence electrons. The maximum atomic E-state index is 2.27. The van der Waals surface area contributed by atoms with Gasteiger partial charge in [-0.05, 0) is 29.4 Å². The van der Waals surface area contributed by atoms with Crippen LogP contribution in [0.4, 0.5) is 0 Å². The summed E-state index contributed by atoms with van der Waals surface area (Å²) in [6.07, 6.45) is 2.11. The van der Waals surface area contributed by atoms with Crippen molar-refractivity contribution < 1.29 is 0 Å². The minimum Gasteiger partial charge on any atom is -0.130 e. The van der Waals surface area contributed by atoms with E-state index in [1.807, 2.05) is 0 Å². The number of hydrogen-bond donors (Lipinski definition) is 0. The molecule has 0 bridgehead atoms. The summed E-state index contributed by atoms with van der Waals surface area (Å²) in [5.74, 6) is 0. The molecule has 0 aliphatic carbocycles. The molecule has 0 amide bonds. The molecule has 0 saturated carbocycles. The molecular formula is C11H16S. The minimum atomic E-state index is 0.270. The van der Waals surface area contributed by atoms with Gasteiger partial charge in [0.05, 0.1) is 0 Å². The van der Waals surface area contributed by atoms with Crippen molar-refractivity contribution in [3.63, 3.8) is 0 Å². The van der Waals surface area contributed by atoms with Gasteiger partial charge in [0.2, 0.25) is 0 Å². The van der Waals surface area contributed by atoms with Crippen LogP contribution in [-0.4, -0.2) is 6.26 Å². The third-order valence-corrected chi connectivity index (χ3v) is 2.66. The van der Waals surface area contributed by atoms with Crippen LogP contribution in [0.15, 0.2) is 29.2 Å². The Labute approximate surface area is 79.4 Å². The highest BCUT2D eigenvalue weighted by atomic mass is 32.2. The summed E-state index contributed by atoms with van der Waals surface area (Å²) in [7, 11) is 0. The van der Waals surface area contributed by atoms with Crippen molar-refractivity contribution in [2.75, 3.05) is 6.26 Å². The highest BCUT2D eigenvalue weighted by molar-refractivity contribution is 7.98. The second kappa shape index (κ2) is 3.53. The lowest BCUT2D eigenvalue weighted by molar-refractivity contribution is 0.588. The lowest BCUT2D eigenvalue weighted by Gasteiger charge is -2.19. The topological polar surface area (TPSA) is 0 Å². The summed E-state index contributed by atoms with van der Waals surface area (Å²) in [6, 6.07) is 8.75. The Balaban J connectivity index is 3.02. The molecule has 1 rings (SSSR count). The predicted molar refractivity (Wildman–Crippen MR) is 56.9 cm³/mol. The Morgan fingerprint density at radius 3 is 2.33 bits per heavy atom. The van der Waals surface area contributed by atoms with Gasteiger partial charge in [-0.2, -0.15) is 0 Å². The Bertz CT molecular complexity index is 258. The zero-order valence-corrected chi connectivity index (χ0v) is 9.03. The van der Waals surface area contributed by atoms with Crippen LogP contribution in [0.2, 0.25) is 0 Å². The van der Waals surface area contributed by atoms with Gasteiger partial charge < -0.3 is 0 Å². The van der Waals surface area contributed by atoms with Crippen LogP contribution in [0.3, 0.4) is 0 Å². The average Bonchev–Trinajstić information content (AvgIpc) is 2.03. The zero-order valence-electron chi connectivity index (χ0n) is 8.22. The van der Waals surface area contributed by atoms with Crippen LogP contribution in [0.5, 0.6) is 0 Å². The molecule has 0 heterocycles. The Kier molecular flexibility index (Phi) is 2.84. The molecule has 0 aliphatic rings. The van der Waals surface area contributed by atoms with E-state index in [9.17, 15) is 0 Å². The molecule has 0 saturated heterocycles. The SMILES string of the molecule is CSc1cccc(C(C)(C)C)c1. The van der Waals surface area contributed by atoms with E-state index < -0.39 is 0 Å². The summed E-state index contributed by atoms with van der Waals surface area (Å²) < 4.78 is 0. The molecule has 0 atom stereocenters. The van der Waals surface area contributed by atoms with Crippen molar-refractivity contribution in [1.82, 2.24) is 0 Å². The molecule has 0 unspecified atom stereocenters. The van der Waals surface area contributed by atoms with E-state index in [0.717, 1.165) is 0 Å². The Morgan fingerprint density at radius 2 is 1.83 bits per heavy atom.